The Morgan fingerprint density at radius 3 is 2.57 bits per heavy atom. The van der Waals surface area contributed by atoms with Gasteiger partial charge in [-0.2, -0.15) is 0 Å². The first-order valence-corrected chi connectivity index (χ1v) is 9.97. The Balaban J connectivity index is 1.72. The fraction of sp³-hybridized carbons (Fsp3) is 0.0952. The number of amides is 1. The zero-order chi connectivity index (χ0) is 21.3. The number of rotatable bonds is 4. The molecule has 5 nitrogen and oxygen atoms in total. The molecule has 0 saturated heterocycles. The first kappa shape index (κ1) is 20.0. The number of alkyl halides is 3. The fourth-order valence-corrected chi connectivity index (χ4v) is 3.41. The van der Waals surface area contributed by atoms with E-state index in [1.165, 1.54) is 18.0 Å². The van der Waals surface area contributed by atoms with Gasteiger partial charge in [0.1, 0.15) is 11.5 Å². The third-order valence-corrected chi connectivity index (χ3v) is 4.74. The molecule has 0 spiro atoms. The number of anilines is 2. The molecule has 1 aliphatic rings. The van der Waals surface area contributed by atoms with E-state index in [4.69, 9.17) is 4.74 Å². The summed E-state index contributed by atoms with van der Waals surface area (Å²) >= 11 is 1.46. The highest BCUT2D eigenvalue weighted by Gasteiger charge is 2.32. The van der Waals surface area contributed by atoms with Crippen LogP contribution in [0, 0.1) is 0 Å². The van der Waals surface area contributed by atoms with Gasteiger partial charge in [-0.3, -0.25) is 4.79 Å². The molecule has 0 aromatic heterocycles. The molecule has 1 heterocycles. The van der Waals surface area contributed by atoms with Crippen LogP contribution in [0.15, 0.2) is 60.7 Å². The summed E-state index contributed by atoms with van der Waals surface area (Å²) in [7, 11) is 0. The lowest BCUT2D eigenvalue weighted by Crippen LogP contribution is -2.17. The van der Waals surface area contributed by atoms with Crippen molar-refractivity contribution < 1.29 is 27.4 Å². The molecular formula is C21H15F3N2O3S. The van der Waals surface area contributed by atoms with Crippen LogP contribution in [0.25, 0.3) is 11.1 Å². The van der Waals surface area contributed by atoms with Crippen LogP contribution in [0.2, 0.25) is 0 Å². The average molecular weight is 432 g/mol. The maximum absolute atomic E-state index is 12.6. The van der Waals surface area contributed by atoms with Crippen LogP contribution in [0.3, 0.4) is 0 Å². The van der Waals surface area contributed by atoms with Gasteiger partial charge in [-0.05, 0) is 47.5 Å². The molecule has 0 aliphatic carbocycles. The van der Waals surface area contributed by atoms with Crippen molar-refractivity contribution >= 4 is 29.2 Å². The number of nitrogens with one attached hydrogen (secondary N) is 2. The monoisotopic (exact) mass is 432 g/mol. The SMILES string of the molecule is CSNc1cccc(-c2ccc3c(c2)Oc2cc(OC(F)(F)F)ccc2NC3=O)c1. The molecule has 1 amide bonds. The molecule has 0 bridgehead atoms. The van der Waals surface area contributed by atoms with E-state index in [1.807, 2.05) is 30.5 Å². The molecule has 0 atom stereocenters. The molecule has 4 rings (SSSR count). The maximum atomic E-state index is 12.6. The fourth-order valence-electron chi connectivity index (χ4n) is 3.05. The van der Waals surface area contributed by atoms with E-state index >= 15 is 0 Å². The van der Waals surface area contributed by atoms with E-state index in [0.717, 1.165) is 28.9 Å². The minimum Gasteiger partial charge on any atom is -0.454 e. The number of halogens is 3. The van der Waals surface area contributed by atoms with Crippen molar-refractivity contribution in [3.05, 3.63) is 66.2 Å². The number of ether oxygens (including phenoxy) is 2. The molecule has 1 aliphatic heterocycles. The van der Waals surface area contributed by atoms with Crippen LogP contribution in [0.5, 0.6) is 17.2 Å². The van der Waals surface area contributed by atoms with Gasteiger partial charge < -0.3 is 19.5 Å². The summed E-state index contributed by atoms with van der Waals surface area (Å²) in [6.45, 7) is 0. The van der Waals surface area contributed by atoms with E-state index in [2.05, 4.69) is 14.8 Å². The van der Waals surface area contributed by atoms with Gasteiger partial charge in [-0.25, -0.2) is 0 Å². The summed E-state index contributed by atoms with van der Waals surface area (Å²) in [6, 6.07) is 16.3. The summed E-state index contributed by atoms with van der Waals surface area (Å²) in [5.74, 6) is -0.571. The van der Waals surface area contributed by atoms with Crippen molar-refractivity contribution in [1.82, 2.24) is 0 Å². The summed E-state index contributed by atoms with van der Waals surface area (Å²) in [4.78, 5) is 12.6. The van der Waals surface area contributed by atoms with Crippen LogP contribution in [-0.2, 0) is 0 Å². The number of carbonyl (C=O) groups excluding carboxylic acids is 1. The Hall–Kier alpha value is -3.33. The zero-order valence-corrected chi connectivity index (χ0v) is 16.4. The van der Waals surface area contributed by atoms with Gasteiger partial charge in [0.2, 0.25) is 0 Å². The molecule has 2 N–H and O–H groups in total. The quantitative estimate of drug-likeness (QED) is 0.474. The summed E-state index contributed by atoms with van der Waals surface area (Å²) in [5, 5.41) is 2.64. The highest BCUT2D eigenvalue weighted by atomic mass is 32.2. The lowest BCUT2D eigenvalue weighted by Gasteiger charge is -2.13. The summed E-state index contributed by atoms with van der Waals surface area (Å²) in [5.41, 5.74) is 3.11. The Morgan fingerprint density at radius 1 is 1.00 bits per heavy atom. The van der Waals surface area contributed by atoms with Crippen LogP contribution < -0.4 is 19.5 Å². The first-order valence-electron chi connectivity index (χ1n) is 8.75. The molecule has 0 saturated carbocycles. The van der Waals surface area contributed by atoms with Crippen molar-refractivity contribution in [3.63, 3.8) is 0 Å². The molecule has 154 valence electrons. The standard InChI is InChI=1S/C21H15F3N2O3S/c1-30-26-14-4-2-3-12(9-14)13-5-7-16-18(10-13)28-19-11-15(29-21(22,23)24)6-8-17(19)25-20(16)27/h2-11,26H,1H3,(H,25,27). The number of hydrogen-bond donors (Lipinski definition) is 2. The van der Waals surface area contributed by atoms with Gasteiger partial charge in [-0.15, -0.1) is 13.2 Å². The summed E-state index contributed by atoms with van der Waals surface area (Å²) < 4.78 is 50.5. The average Bonchev–Trinajstić information content (AvgIpc) is 2.82. The second kappa shape index (κ2) is 7.83. The Labute approximate surface area is 174 Å². The summed E-state index contributed by atoms with van der Waals surface area (Å²) in [6.07, 6.45) is -2.92. The lowest BCUT2D eigenvalue weighted by atomic mass is 10.0. The van der Waals surface area contributed by atoms with Crippen LogP contribution in [-0.4, -0.2) is 18.5 Å². The van der Waals surface area contributed by atoms with Crippen LogP contribution in [0.4, 0.5) is 24.5 Å². The van der Waals surface area contributed by atoms with E-state index < -0.39 is 18.0 Å². The highest BCUT2D eigenvalue weighted by Crippen LogP contribution is 2.40. The number of carbonyl (C=O) groups is 1. The van der Waals surface area contributed by atoms with Gasteiger partial charge in [0.05, 0.1) is 11.3 Å². The Morgan fingerprint density at radius 2 is 1.80 bits per heavy atom. The predicted octanol–water partition coefficient (Wildman–Crippen LogP) is 6.30. The zero-order valence-electron chi connectivity index (χ0n) is 15.5. The van der Waals surface area contributed by atoms with E-state index in [0.29, 0.717) is 0 Å². The van der Waals surface area contributed by atoms with Gasteiger partial charge in [-0.1, -0.05) is 30.1 Å². The molecule has 0 unspecified atom stereocenters. The minimum absolute atomic E-state index is 0.0544. The van der Waals surface area contributed by atoms with Crippen molar-refractivity contribution in [3.8, 4) is 28.4 Å². The smallest absolute Gasteiger partial charge is 0.454 e. The maximum Gasteiger partial charge on any atom is 0.573 e. The topological polar surface area (TPSA) is 59.6 Å². The van der Waals surface area contributed by atoms with Gasteiger partial charge in [0, 0.05) is 18.0 Å². The molecule has 30 heavy (non-hydrogen) atoms. The van der Waals surface area contributed by atoms with Crippen molar-refractivity contribution in [2.24, 2.45) is 0 Å². The molecule has 3 aromatic carbocycles. The minimum atomic E-state index is -4.83. The van der Waals surface area contributed by atoms with E-state index in [9.17, 15) is 18.0 Å². The highest BCUT2D eigenvalue weighted by molar-refractivity contribution is 7.99. The molecule has 3 aromatic rings. The first-order chi connectivity index (χ1) is 14.3. The van der Waals surface area contributed by atoms with Gasteiger partial charge in [0.15, 0.2) is 5.75 Å². The van der Waals surface area contributed by atoms with E-state index in [-0.39, 0.29) is 22.7 Å². The predicted molar refractivity (Wildman–Crippen MR) is 110 cm³/mol. The largest absolute Gasteiger partial charge is 0.573 e. The Kier molecular flexibility index (Phi) is 5.21. The molecule has 0 fully saturated rings. The van der Waals surface area contributed by atoms with E-state index in [1.54, 1.807) is 18.2 Å². The third kappa shape index (κ3) is 4.30. The van der Waals surface area contributed by atoms with Crippen molar-refractivity contribution in [1.29, 1.82) is 0 Å². The van der Waals surface area contributed by atoms with Crippen molar-refractivity contribution in [2.45, 2.75) is 6.36 Å². The number of fused-ring (bicyclic) bond motifs is 2. The molecule has 9 heteroatoms. The van der Waals surface area contributed by atoms with Gasteiger partial charge >= 0.3 is 6.36 Å². The molecule has 0 radical (unpaired) electrons. The van der Waals surface area contributed by atoms with Crippen LogP contribution >= 0.6 is 11.9 Å². The van der Waals surface area contributed by atoms with Crippen molar-refractivity contribution in [2.75, 3.05) is 16.3 Å². The normalized spacial score (nSPS) is 12.7. The second-order valence-corrected chi connectivity index (χ2v) is 6.97. The van der Waals surface area contributed by atoms with Gasteiger partial charge in [0.25, 0.3) is 5.91 Å². The number of hydrogen-bond acceptors (Lipinski definition) is 5. The van der Waals surface area contributed by atoms with Crippen LogP contribution in [0.1, 0.15) is 10.4 Å². The third-order valence-electron chi connectivity index (χ3n) is 4.30. The molecular weight excluding hydrogens is 417 g/mol. The Bertz CT molecular complexity index is 1120. The number of benzene rings is 3. The lowest BCUT2D eigenvalue weighted by molar-refractivity contribution is -0.274. The second-order valence-electron chi connectivity index (χ2n) is 6.36.